The zero-order valence-corrected chi connectivity index (χ0v) is 14.4. The van der Waals surface area contributed by atoms with Crippen LogP contribution in [0.2, 0.25) is 0 Å². The number of halogens is 4. The first-order valence-electron chi connectivity index (χ1n) is 7.87. The van der Waals surface area contributed by atoms with E-state index in [0.29, 0.717) is 5.56 Å². The van der Waals surface area contributed by atoms with Crippen molar-refractivity contribution in [1.82, 2.24) is 4.90 Å². The topological polar surface area (TPSA) is 46.6 Å². The maximum Gasteiger partial charge on any atom is 0.416 e. The van der Waals surface area contributed by atoms with Crippen LogP contribution in [0.4, 0.5) is 13.2 Å². The fourth-order valence-electron chi connectivity index (χ4n) is 2.86. The highest BCUT2D eigenvalue weighted by Gasteiger charge is 2.40. The normalized spacial score (nSPS) is 16.0. The Bertz CT molecular complexity index is 615. The molecule has 1 fully saturated rings. The summed E-state index contributed by atoms with van der Waals surface area (Å²) in [6.07, 6.45) is -1.89. The summed E-state index contributed by atoms with van der Waals surface area (Å²) in [6, 6.07) is 3.73. The molecule has 1 atom stereocenters. The van der Waals surface area contributed by atoms with Gasteiger partial charge in [-0.25, -0.2) is 4.79 Å². The lowest BCUT2D eigenvalue weighted by atomic mass is 9.79. The molecule has 0 N–H and O–H groups in total. The van der Waals surface area contributed by atoms with Gasteiger partial charge in [-0.15, -0.1) is 11.6 Å². The summed E-state index contributed by atoms with van der Waals surface area (Å²) in [5.74, 6) is -1.33. The van der Waals surface area contributed by atoms with Crippen molar-refractivity contribution in [3.8, 4) is 0 Å². The number of hydrogen-bond acceptors (Lipinski definition) is 3. The molecule has 0 saturated heterocycles. The summed E-state index contributed by atoms with van der Waals surface area (Å²) < 4.78 is 42.8. The number of nitrogens with zero attached hydrogens (tertiary/aromatic N) is 1. The molecule has 138 valence electrons. The number of amides is 1. The molecule has 1 aliphatic carbocycles. The van der Waals surface area contributed by atoms with Crippen LogP contribution in [0.5, 0.6) is 0 Å². The molecule has 0 heterocycles. The second-order valence-electron chi connectivity index (χ2n) is 6.01. The molecule has 25 heavy (non-hydrogen) atoms. The van der Waals surface area contributed by atoms with Crippen molar-refractivity contribution in [2.75, 3.05) is 13.0 Å². The summed E-state index contributed by atoms with van der Waals surface area (Å²) in [6.45, 7) is -0.0000425. The highest BCUT2D eigenvalue weighted by Crippen LogP contribution is 2.34. The van der Waals surface area contributed by atoms with Gasteiger partial charge in [0.2, 0.25) is 5.91 Å². The van der Waals surface area contributed by atoms with Crippen molar-refractivity contribution >= 4 is 23.5 Å². The van der Waals surface area contributed by atoms with Crippen LogP contribution in [0, 0.1) is 5.92 Å². The molecule has 4 nitrogen and oxygen atoms in total. The molecule has 1 saturated carbocycles. The van der Waals surface area contributed by atoms with Crippen LogP contribution in [0.25, 0.3) is 0 Å². The Morgan fingerprint density at radius 2 is 1.88 bits per heavy atom. The zero-order chi connectivity index (χ0) is 18.6. The summed E-state index contributed by atoms with van der Waals surface area (Å²) in [5.41, 5.74) is -0.283. The first kappa shape index (κ1) is 19.6. The number of ether oxygens (including phenoxy) is 1. The number of esters is 1. The van der Waals surface area contributed by atoms with Crippen LogP contribution in [-0.2, 0) is 27.0 Å². The van der Waals surface area contributed by atoms with Gasteiger partial charge in [0.05, 0.1) is 12.7 Å². The Balaban J connectivity index is 2.24. The van der Waals surface area contributed by atoms with Crippen molar-refractivity contribution in [2.45, 2.75) is 38.0 Å². The lowest BCUT2D eigenvalue weighted by molar-refractivity contribution is -0.156. The predicted molar refractivity (Wildman–Crippen MR) is 85.9 cm³/mol. The van der Waals surface area contributed by atoms with E-state index in [0.717, 1.165) is 31.4 Å². The minimum Gasteiger partial charge on any atom is -0.467 e. The maximum atomic E-state index is 12.7. The third-order valence-electron chi connectivity index (χ3n) is 4.44. The second-order valence-corrected chi connectivity index (χ2v) is 6.28. The van der Waals surface area contributed by atoms with Crippen molar-refractivity contribution < 1.29 is 27.5 Å². The molecule has 1 aromatic rings. The minimum atomic E-state index is -4.43. The van der Waals surface area contributed by atoms with E-state index in [1.165, 1.54) is 24.1 Å². The Hall–Kier alpha value is -1.76. The first-order chi connectivity index (χ1) is 11.8. The molecule has 0 radical (unpaired) electrons. The van der Waals surface area contributed by atoms with Gasteiger partial charge in [0.25, 0.3) is 0 Å². The molecule has 0 aliphatic heterocycles. The largest absolute Gasteiger partial charge is 0.467 e. The van der Waals surface area contributed by atoms with Crippen LogP contribution in [-0.4, -0.2) is 35.8 Å². The second kappa shape index (κ2) is 8.08. The van der Waals surface area contributed by atoms with Crippen molar-refractivity contribution in [3.05, 3.63) is 35.4 Å². The summed E-state index contributed by atoms with van der Waals surface area (Å²) >= 11 is 5.66. The van der Waals surface area contributed by atoms with Crippen LogP contribution in [0.3, 0.4) is 0 Å². The Kier molecular flexibility index (Phi) is 6.32. The van der Waals surface area contributed by atoms with Crippen LogP contribution >= 0.6 is 11.6 Å². The van der Waals surface area contributed by atoms with Crippen LogP contribution in [0.15, 0.2) is 24.3 Å². The van der Waals surface area contributed by atoms with E-state index in [1.54, 1.807) is 0 Å². The predicted octanol–water partition coefficient (Wildman–Crippen LogP) is 3.61. The van der Waals surface area contributed by atoms with Gasteiger partial charge in [-0.1, -0.05) is 18.6 Å². The third kappa shape index (κ3) is 4.66. The van der Waals surface area contributed by atoms with E-state index in [-0.39, 0.29) is 18.3 Å². The van der Waals surface area contributed by atoms with Crippen molar-refractivity contribution in [2.24, 2.45) is 5.92 Å². The van der Waals surface area contributed by atoms with Gasteiger partial charge in [-0.3, -0.25) is 4.79 Å². The Morgan fingerprint density at radius 1 is 1.28 bits per heavy atom. The number of benzene rings is 1. The number of carbonyl (C=O) groups excluding carboxylic acids is 2. The smallest absolute Gasteiger partial charge is 0.416 e. The molecule has 1 amide bonds. The highest BCUT2D eigenvalue weighted by atomic mass is 35.5. The van der Waals surface area contributed by atoms with Gasteiger partial charge >= 0.3 is 12.1 Å². The molecule has 1 aliphatic rings. The number of rotatable bonds is 6. The fraction of sp³-hybridized carbons (Fsp3) is 0.529. The van der Waals surface area contributed by atoms with Crippen LogP contribution < -0.4 is 0 Å². The van der Waals surface area contributed by atoms with E-state index in [9.17, 15) is 22.8 Å². The maximum absolute atomic E-state index is 12.7. The average molecular weight is 378 g/mol. The molecule has 8 heteroatoms. The molecule has 1 aromatic carbocycles. The Labute approximate surface area is 148 Å². The van der Waals surface area contributed by atoms with Gasteiger partial charge in [-0.05, 0) is 36.5 Å². The van der Waals surface area contributed by atoms with E-state index in [1.807, 2.05) is 0 Å². The number of methoxy groups -OCH3 is 1. The highest BCUT2D eigenvalue weighted by molar-refractivity contribution is 6.27. The number of alkyl halides is 4. The van der Waals surface area contributed by atoms with Gasteiger partial charge in [-0.2, -0.15) is 13.2 Å². The van der Waals surface area contributed by atoms with Crippen molar-refractivity contribution in [1.29, 1.82) is 0 Å². The van der Waals surface area contributed by atoms with Gasteiger partial charge in [0.15, 0.2) is 0 Å². The lowest BCUT2D eigenvalue weighted by Crippen LogP contribution is -2.51. The van der Waals surface area contributed by atoms with Gasteiger partial charge in [0.1, 0.15) is 11.9 Å². The lowest BCUT2D eigenvalue weighted by Gasteiger charge is -2.39. The molecule has 0 bridgehead atoms. The van der Waals surface area contributed by atoms with Gasteiger partial charge in [0, 0.05) is 6.54 Å². The monoisotopic (exact) mass is 377 g/mol. The SMILES string of the molecule is COC(=O)[C@H](C1CCC1)N(Cc1ccc(C(F)(F)F)cc1)C(=O)CCl. The average Bonchev–Trinajstić information content (AvgIpc) is 2.54. The molecule has 0 unspecified atom stereocenters. The molecular formula is C17H19ClF3NO3. The molecule has 0 spiro atoms. The Morgan fingerprint density at radius 3 is 2.28 bits per heavy atom. The summed E-state index contributed by atoms with van der Waals surface area (Å²) in [5, 5.41) is 0. The van der Waals surface area contributed by atoms with E-state index in [4.69, 9.17) is 16.3 Å². The number of hydrogen-bond donors (Lipinski definition) is 0. The van der Waals surface area contributed by atoms with E-state index in [2.05, 4.69) is 0 Å². The van der Waals surface area contributed by atoms with Crippen molar-refractivity contribution in [3.63, 3.8) is 0 Å². The third-order valence-corrected chi connectivity index (χ3v) is 4.67. The summed E-state index contributed by atoms with van der Waals surface area (Å²) in [7, 11) is 1.25. The van der Waals surface area contributed by atoms with E-state index >= 15 is 0 Å². The minimum absolute atomic E-state index is 0.0000425. The molecule has 0 aromatic heterocycles. The number of carbonyl (C=O) groups is 2. The molecule has 2 rings (SSSR count). The standard InChI is InChI=1S/C17H19ClF3NO3/c1-25-16(24)15(12-3-2-4-12)22(14(23)9-18)10-11-5-7-13(8-6-11)17(19,20)21/h5-8,12,15H,2-4,9-10H2,1H3/t15-/m0/s1. The first-order valence-corrected chi connectivity index (χ1v) is 8.40. The quantitative estimate of drug-likeness (QED) is 0.562. The molecular weight excluding hydrogens is 359 g/mol. The summed E-state index contributed by atoms with van der Waals surface area (Å²) in [4.78, 5) is 25.7. The zero-order valence-electron chi connectivity index (χ0n) is 13.7. The van der Waals surface area contributed by atoms with Crippen LogP contribution in [0.1, 0.15) is 30.4 Å². The van der Waals surface area contributed by atoms with Gasteiger partial charge < -0.3 is 9.64 Å². The fourth-order valence-corrected chi connectivity index (χ4v) is 3.02. The van der Waals surface area contributed by atoms with E-state index < -0.39 is 29.7 Å².